The Labute approximate surface area is 218 Å². The van der Waals surface area contributed by atoms with Crippen LogP contribution in [-0.4, -0.2) is 23.7 Å². The Morgan fingerprint density at radius 3 is 1.72 bits per heavy atom. The van der Waals surface area contributed by atoms with Gasteiger partial charge in [-0.15, -0.1) is 0 Å². The van der Waals surface area contributed by atoms with Gasteiger partial charge in [0.05, 0.1) is 29.0 Å². The van der Waals surface area contributed by atoms with Crippen LogP contribution in [0.5, 0.6) is 0 Å². The molecular weight excluding hydrogens is 499 g/mol. The third-order valence-corrected chi connectivity index (χ3v) is 6.81. The lowest BCUT2D eigenvalue weighted by Crippen LogP contribution is -1.88. The molecule has 0 atom stereocenters. The van der Waals surface area contributed by atoms with Crippen molar-refractivity contribution in [2.75, 3.05) is 7.11 Å². The van der Waals surface area contributed by atoms with E-state index in [0.717, 1.165) is 60.1 Å². The summed E-state index contributed by atoms with van der Waals surface area (Å²) in [5, 5.41) is 9.43. The van der Waals surface area contributed by atoms with E-state index in [1.54, 1.807) is 19.4 Å². The van der Waals surface area contributed by atoms with E-state index in [-0.39, 0.29) is 0 Å². The molecule has 36 heavy (non-hydrogen) atoms. The number of halogens is 2. The molecule has 6 nitrogen and oxygen atoms in total. The molecule has 2 aliphatic rings. The van der Waals surface area contributed by atoms with Gasteiger partial charge in [-0.1, -0.05) is 69.9 Å². The topological polar surface area (TPSA) is 78.4 Å². The molecule has 0 amide bonds. The summed E-state index contributed by atoms with van der Waals surface area (Å²) in [7, 11) is 1.62. The fourth-order valence-corrected chi connectivity index (χ4v) is 4.46. The van der Waals surface area contributed by atoms with Crippen molar-refractivity contribution in [2.45, 2.75) is 37.5 Å². The van der Waals surface area contributed by atoms with E-state index >= 15 is 0 Å². The van der Waals surface area contributed by atoms with Gasteiger partial charge in [0, 0.05) is 28.5 Å². The van der Waals surface area contributed by atoms with E-state index < -0.39 is 0 Å². The standard InChI is InChI=1S/C15H14ClNO2.C13H10ClNO2/c1-18-9-8-12-14(11-4-2-3-5-13(11)16)17-19-15(12)10-6-7-10;14-11-4-2-1-3-9(11)12-10(7-16)13(17-15-12)8-5-6-8/h2-5,8-10H,6-7H2,1H3;1-4,7-8H,5-6H2/b9-8+;. The number of aromatic nitrogens is 2. The third-order valence-electron chi connectivity index (χ3n) is 6.15. The molecule has 0 unspecified atom stereocenters. The lowest BCUT2D eigenvalue weighted by Gasteiger charge is -2.01. The molecule has 2 aliphatic carbocycles. The minimum Gasteiger partial charge on any atom is -0.504 e. The average molecular weight is 523 g/mol. The molecule has 0 N–H and O–H groups in total. The molecule has 0 bridgehead atoms. The maximum Gasteiger partial charge on any atom is 0.155 e. The Balaban J connectivity index is 0.000000149. The van der Waals surface area contributed by atoms with Crippen LogP contribution in [0.3, 0.4) is 0 Å². The highest BCUT2D eigenvalue weighted by atomic mass is 35.5. The van der Waals surface area contributed by atoms with Crippen molar-refractivity contribution in [1.29, 1.82) is 0 Å². The maximum absolute atomic E-state index is 11.2. The number of carbonyl (C=O) groups is 1. The smallest absolute Gasteiger partial charge is 0.155 e. The van der Waals surface area contributed by atoms with Crippen LogP contribution in [0.25, 0.3) is 28.6 Å². The zero-order valence-corrected chi connectivity index (χ0v) is 21.1. The normalized spacial score (nSPS) is 15.0. The quantitative estimate of drug-likeness (QED) is 0.180. The molecule has 2 fully saturated rings. The van der Waals surface area contributed by atoms with E-state index in [1.807, 2.05) is 48.5 Å². The number of carbonyl (C=O) groups excluding carboxylic acids is 1. The van der Waals surface area contributed by atoms with E-state index in [1.165, 1.54) is 0 Å². The Kier molecular flexibility index (Phi) is 7.25. The van der Waals surface area contributed by atoms with Gasteiger partial charge in [-0.3, -0.25) is 4.79 Å². The molecule has 2 heterocycles. The number of hydrogen-bond donors (Lipinski definition) is 0. The van der Waals surface area contributed by atoms with Crippen molar-refractivity contribution < 1.29 is 18.6 Å². The van der Waals surface area contributed by atoms with Crippen LogP contribution < -0.4 is 0 Å². The Morgan fingerprint density at radius 2 is 1.28 bits per heavy atom. The predicted octanol–water partition coefficient (Wildman–Crippen LogP) is 8.17. The summed E-state index contributed by atoms with van der Waals surface area (Å²) in [6.07, 6.45) is 8.79. The molecule has 4 aromatic rings. The SMILES string of the molecule is CO/C=C/c1c(-c2ccccc2Cl)noc1C1CC1.O=Cc1c(-c2ccccc2Cl)noc1C1CC1. The number of nitrogens with zero attached hydrogens (tertiary/aromatic N) is 2. The molecule has 0 saturated heterocycles. The second-order valence-corrected chi connectivity index (χ2v) is 9.60. The molecule has 8 heteroatoms. The molecule has 0 spiro atoms. The molecule has 6 rings (SSSR count). The van der Waals surface area contributed by atoms with E-state index in [2.05, 4.69) is 10.3 Å². The second-order valence-electron chi connectivity index (χ2n) is 8.78. The van der Waals surface area contributed by atoms with Gasteiger partial charge in [0.25, 0.3) is 0 Å². The minimum absolute atomic E-state index is 0.360. The first-order chi connectivity index (χ1) is 17.6. The van der Waals surface area contributed by atoms with Crippen LogP contribution in [0, 0.1) is 0 Å². The van der Waals surface area contributed by atoms with Crippen LogP contribution in [0.4, 0.5) is 0 Å². The van der Waals surface area contributed by atoms with Crippen molar-refractivity contribution in [1.82, 2.24) is 10.3 Å². The minimum atomic E-state index is 0.360. The fourth-order valence-electron chi connectivity index (χ4n) is 4.01. The summed E-state index contributed by atoms with van der Waals surface area (Å²) >= 11 is 12.3. The lowest BCUT2D eigenvalue weighted by atomic mass is 10.0. The van der Waals surface area contributed by atoms with Gasteiger partial charge < -0.3 is 13.8 Å². The monoisotopic (exact) mass is 522 g/mol. The molecular formula is C28H24Cl2N2O4. The first-order valence-corrected chi connectivity index (χ1v) is 12.5. The molecule has 0 aliphatic heterocycles. The highest BCUT2D eigenvalue weighted by Crippen LogP contribution is 2.45. The summed E-state index contributed by atoms with van der Waals surface area (Å²) in [5.74, 6) is 2.48. The number of benzene rings is 2. The summed E-state index contributed by atoms with van der Waals surface area (Å²) in [4.78, 5) is 11.2. The summed E-state index contributed by atoms with van der Waals surface area (Å²) in [5.41, 5.74) is 4.47. The third kappa shape index (κ3) is 5.11. The van der Waals surface area contributed by atoms with Gasteiger partial charge in [-0.2, -0.15) is 0 Å². The van der Waals surface area contributed by atoms with Crippen molar-refractivity contribution >= 4 is 35.6 Å². The number of methoxy groups -OCH3 is 1. The van der Waals surface area contributed by atoms with Gasteiger partial charge in [0.2, 0.25) is 0 Å². The van der Waals surface area contributed by atoms with Gasteiger partial charge >= 0.3 is 0 Å². The van der Waals surface area contributed by atoms with Crippen molar-refractivity contribution in [3.63, 3.8) is 0 Å². The van der Waals surface area contributed by atoms with Crippen molar-refractivity contribution in [3.8, 4) is 22.5 Å². The van der Waals surface area contributed by atoms with Crippen LogP contribution in [0.15, 0.2) is 63.8 Å². The Bertz CT molecular complexity index is 1400. The van der Waals surface area contributed by atoms with E-state index in [0.29, 0.717) is 38.9 Å². The van der Waals surface area contributed by atoms with E-state index in [4.69, 9.17) is 37.0 Å². The Hall–Kier alpha value is -3.35. The molecule has 2 saturated carbocycles. The zero-order valence-electron chi connectivity index (χ0n) is 19.6. The van der Waals surface area contributed by atoms with Crippen molar-refractivity contribution in [3.05, 3.63) is 87.5 Å². The van der Waals surface area contributed by atoms with Crippen molar-refractivity contribution in [2.24, 2.45) is 0 Å². The maximum atomic E-state index is 11.2. The van der Waals surface area contributed by atoms with Crippen LogP contribution in [-0.2, 0) is 4.74 Å². The van der Waals surface area contributed by atoms with Gasteiger partial charge in [0.15, 0.2) is 12.0 Å². The van der Waals surface area contributed by atoms with Gasteiger partial charge in [-0.05, 0) is 43.9 Å². The second kappa shape index (κ2) is 10.7. The summed E-state index contributed by atoms with van der Waals surface area (Å²) in [6.45, 7) is 0. The number of hydrogen-bond acceptors (Lipinski definition) is 6. The van der Waals surface area contributed by atoms with Crippen LogP contribution in [0.2, 0.25) is 10.0 Å². The number of rotatable bonds is 7. The molecule has 2 aromatic heterocycles. The first-order valence-electron chi connectivity index (χ1n) is 11.8. The van der Waals surface area contributed by atoms with Crippen LogP contribution >= 0.6 is 23.2 Å². The van der Waals surface area contributed by atoms with Gasteiger partial charge in [-0.25, -0.2) is 0 Å². The summed E-state index contributed by atoms with van der Waals surface area (Å²) in [6, 6.07) is 15.0. The zero-order chi connectivity index (χ0) is 25.1. The molecule has 2 aromatic carbocycles. The highest BCUT2D eigenvalue weighted by molar-refractivity contribution is 6.33. The largest absolute Gasteiger partial charge is 0.504 e. The summed E-state index contributed by atoms with van der Waals surface area (Å²) < 4.78 is 15.8. The van der Waals surface area contributed by atoms with Gasteiger partial charge in [0.1, 0.15) is 17.1 Å². The lowest BCUT2D eigenvalue weighted by molar-refractivity contribution is 0.112. The molecule has 0 radical (unpaired) electrons. The predicted molar refractivity (Wildman–Crippen MR) is 139 cm³/mol. The number of aldehydes is 1. The average Bonchev–Trinajstić information content (AvgIpc) is 3.83. The van der Waals surface area contributed by atoms with E-state index in [9.17, 15) is 4.79 Å². The Morgan fingerprint density at radius 1 is 0.806 bits per heavy atom. The van der Waals surface area contributed by atoms with Crippen LogP contribution in [0.1, 0.15) is 65.0 Å². The number of ether oxygens (including phenoxy) is 1. The molecule has 184 valence electrons. The fraction of sp³-hybridized carbons (Fsp3) is 0.250. The first kappa shape index (κ1) is 24.3. The highest BCUT2D eigenvalue weighted by Gasteiger charge is 2.33.